The van der Waals surface area contributed by atoms with Crippen LogP contribution >= 0.6 is 0 Å². The molecule has 0 spiro atoms. The van der Waals surface area contributed by atoms with E-state index in [4.69, 9.17) is 10.5 Å². The van der Waals surface area contributed by atoms with E-state index in [1.807, 2.05) is 12.1 Å². The first-order valence-electron chi connectivity index (χ1n) is 6.44. The fourth-order valence-electron chi connectivity index (χ4n) is 2.16. The zero-order valence-electron chi connectivity index (χ0n) is 12.2. The van der Waals surface area contributed by atoms with Gasteiger partial charge in [-0.3, -0.25) is 0 Å². The SMILES string of the molecule is COc1ccc(C(C)(C)C)cc1-c1c[nH]c(N)c1C#N. The molecule has 1 heterocycles. The number of methoxy groups -OCH3 is 1. The van der Waals surface area contributed by atoms with Gasteiger partial charge in [-0.1, -0.05) is 26.8 Å². The van der Waals surface area contributed by atoms with Crippen LogP contribution < -0.4 is 10.5 Å². The molecule has 1 aromatic heterocycles. The van der Waals surface area contributed by atoms with Crippen molar-refractivity contribution in [2.45, 2.75) is 26.2 Å². The van der Waals surface area contributed by atoms with Crippen molar-refractivity contribution in [3.63, 3.8) is 0 Å². The predicted molar refractivity (Wildman–Crippen MR) is 80.6 cm³/mol. The Morgan fingerprint density at radius 2 is 1.95 bits per heavy atom. The maximum atomic E-state index is 9.25. The summed E-state index contributed by atoms with van der Waals surface area (Å²) in [5, 5.41) is 9.25. The Balaban J connectivity index is 2.68. The molecule has 0 aliphatic heterocycles. The van der Waals surface area contributed by atoms with E-state index < -0.39 is 0 Å². The van der Waals surface area contributed by atoms with Gasteiger partial charge in [0.1, 0.15) is 23.2 Å². The van der Waals surface area contributed by atoms with Crippen molar-refractivity contribution in [1.82, 2.24) is 4.98 Å². The molecule has 0 aliphatic carbocycles. The van der Waals surface area contributed by atoms with Gasteiger partial charge in [-0.05, 0) is 23.1 Å². The van der Waals surface area contributed by atoms with Crippen molar-refractivity contribution in [2.75, 3.05) is 12.8 Å². The Morgan fingerprint density at radius 3 is 2.50 bits per heavy atom. The van der Waals surface area contributed by atoms with Gasteiger partial charge in [0.2, 0.25) is 0 Å². The minimum Gasteiger partial charge on any atom is -0.496 e. The standard InChI is InChI=1S/C16H19N3O/c1-16(2,3)10-5-6-14(20-4)11(7-10)13-9-19-15(18)12(13)8-17/h5-7,9,19H,18H2,1-4H3. The van der Waals surface area contributed by atoms with Gasteiger partial charge in [-0.25, -0.2) is 0 Å². The van der Waals surface area contributed by atoms with Crippen molar-refractivity contribution in [2.24, 2.45) is 0 Å². The summed E-state index contributed by atoms with van der Waals surface area (Å²) in [7, 11) is 1.62. The lowest BCUT2D eigenvalue weighted by Crippen LogP contribution is -2.11. The average molecular weight is 269 g/mol. The monoisotopic (exact) mass is 269 g/mol. The van der Waals surface area contributed by atoms with Crippen molar-refractivity contribution in [3.8, 4) is 22.9 Å². The fraction of sp³-hybridized carbons (Fsp3) is 0.312. The highest BCUT2D eigenvalue weighted by atomic mass is 16.5. The smallest absolute Gasteiger partial charge is 0.126 e. The van der Waals surface area contributed by atoms with E-state index in [0.29, 0.717) is 11.4 Å². The highest BCUT2D eigenvalue weighted by Crippen LogP contribution is 2.37. The number of nitrogens with two attached hydrogens (primary N) is 1. The molecule has 104 valence electrons. The van der Waals surface area contributed by atoms with Gasteiger partial charge in [-0.2, -0.15) is 5.26 Å². The normalized spacial score (nSPS) is 11.2. The van der Waals surface area contributed by atoms with E-state index in [-0.39, 0.29) is 5.41 Å². The van der Waals surface area contributed by atoms with E-state index in [1.165, 1.54) is 5.56 Å². The second-order valence-electron chi connectivity index (χ2n) is 5.77. The van der Waals surface area contributed by atoms with Gasteiger partial charge < -0.3 is 15.5 Å². The molecule has 20 heavy (non-hydrogen) atoms. The molecule has 0 radical (unpaired) electrons. The lowest BCUT2D eigenvalue weighted by Gasteiger charge is -2.21. The summed E-state index contributed by atoms with van der Waals surface area (Å²) < 4.78 is 5.41. The third-order valence-corrected chi connectivity index (χ3v) is 3.38. The Bertz CT molecular complexity index is 672. The molecule has 0 aliphatic rings. The lowest BCUT2D eigenvalue weighted by atomic mass is 9.85. The molecule has 0 saturated heterocycles. The summed E-state index contributed by atoms with van der Waals surface area (Å²) in [6.07, 6.45) is 1.75. The number of nitrogens with one attached hydrogen (secondary N) is 1. The molecule has 0 atom stereocenters. The van der Waals surface area contributed by atoms with Crippen LogP contribution in [0.5, 0.6) is 5.75 Å². The number of rotatable bonds is 2. The third-order valence-electron chi connectivity index (χ3n) is 3.38. The maximum absolute atomic E-state index is 9.25. The number of nitriles is 1. The second-order valence-corrected chi connectivity index (χ2v) is 5.77. The van der Waals surface area contributed by atoms with E-state index in [1.54, 1.807) is 13.3 Å². The van der Waals surface area contributed by atoms with Gasteiger partial charge in [0.05, 0.1) is 7.11 Å². The molecule has 2 aromatic rings. The quantitative estimate of drug-likeness (QED) is 0.876. The van der Waals surface area contributed by atoms with Crippen molar-refractivity contribution >= 4 is 5.82 Å². The second kappa shape index (κ2) is 4.93. The zero-order chi connectivity index (χ0) is 14.9. The van der Waals surface area contributed by atoms with Crippen LogP contribution in [0.2, 0.25) is 0 Å². The van der Waals surface area contributed by atoms with Gasteiger partial charge in [0.15, 0.2) is 0 Å². The molecule has 2 rings (SSSR count). The lowest BCUT2D eigenvalue weighted by molar-refractivity contribution is 0.416. The Kier molecular flexibility index (Phi) is 3.46. The van der Waals surface area contributed by atoms with Gasteiger partial charge in [-0.15, -0.1) is 0 Å². The molecule has 0 unspecified atom stereocenters. The van der Waals surface area contributed by atoms with E-state index in [9.17, 15) is 5.26 Å². The minimum absolute atomic E-state index is 0.0235. The number of aromatic nitrogens is 1. The predicted octanol–water partition coefficient (Wildman–Crippen LogP) is 3.44. The first kappa shape index (κ1) is 14.0. The molecule has 0 saturated carbocycles. The molecule has 1 aromatic carbocycles. The Morgan fingerprint density at radius 1 is 1.25 bits per heavy atom. The number of nitrogen functional groups attached to an aromatic ring is 1. The largest absolute Gasteiger partial charge is 0.496 e. The highest BCUT2D eigenvalue weighted by molar-refractivity contribution is 5.80. The molecule has 0 bridgehead atoms. The van der Waals surface area contributed by atoms with Crippen LogP contribution in [0.1, 0.15) is 31.9 Å². The number of H-pyrrole nitrogens is 1. The van der Waals surface area contributed by atoms with Gasteiger partial charge in [0.25, 0.3) is 0 Å². The van der Waals surface area contributed by atoms with Crippen LogP contribution in [0.15, 0.2) is 24.4 Å². The minimum atomic E-state index is 0.0235. The molecular formula is C16H19N3O. The number of aromatic amines is 1. The van der Waals surface area contributed by atoms with E-state index >= 15 is 0 Å². The number of hydrogen-bond donors (Lipinski definition) is 2. The Hall–Kier alpha value is -2.41. The zero-order valence-corrected chi connectivity index (χ0v) is 12.2. The summed E-state index contributed by atoms with van der Waals surface area (Å²) in [4.78, 5) is 2.90. The Labute approximate surface area is 119 Å². The maximum Gasteiger partial charge on any atom is 0.126 e. The number of nitrogens with zero attached hydrogens (tertiary/aromatic N) is 1. The van der Waals surface area contributed by atoms with E-state index in [0.717, 1.165) is 16.9 Å². The van der Waals surface area contributed by atoms with Crippen molar-refractivity contribution in [1.29, 1.82) is 5.26 Å². The van der Waals surface area contributed by atoms with Crippen molar-refractivity contribution < 1.29 is 4.74 Å². The average Bonchev–Trinajstić information content (AvgIpc) is 2.77. The number of hydrogen-bond acceptors (Lipinski definition) is 3. The summed E-state index contributed by atoms with van der Waals surface area (Å²) in [5.74, 6) is 1.11. The van der Waals surface area contributed by atoms with Crippen LogP contribution in [0.3, 0.4) is 0 Å². The third kappa shape index (κ3) is 2.35. The van der Waals surface area contributed by atoms with Crippen LogP contribution in [0.4, 0.5) is 5.82 Å². The van der Waals surface area contributed by atoms with Crippen LogP contribution in [-0.4, -0.2) is 12.1 Å². The number of anilines is 1. The van der Waals surface area contributed by atoms with Crippen LogP contribution in [0, 0.1) is 11.3 Å². The van der Waals surface area contributed by atoms with Gasteiger partial charge in [0, 0.05) is 17.3 Å². The summed E-state index contributed by atoms with van der Waals surface area (Å²) in [5.41, 5.74) is 9.09. The number of ether oxygens (including phenoxy) is 1. The summed E-state index contributed by atoms with van der Waals surface area (Å²) in [6, 6.07) is 8.17. The van der Waals surface area contributed by atoms with Gasteiger partial charge >= 0.3 is 0 Å². The highest BCUT2D eigenvalue weighted by Gasteiger charge is 2.19. The summed E-state index contributed by atoms with van der Waals surface area (Å²) >= 11 is 0. The summed E-state index contributed by atoms with van der Waals surface area (Å²) in [6.45, 7) is 6.44. The molecule has 3 N–H and O–H groups in total. The molecular weight excluding hydrogens is 250 g/mol. The van der Waals surface area contributed by atoms with Crippen LogP contribution in [-0.2, 0) is 5.41 Å². The van der Waals surface area contributed by atoms with E-state index in [2.05, 4.69) is 37.9 Å². The molecule has 4 nitrogen and oxygen atoms in total. The fourth-order valence-corrected chi connectivity index (χ4v) is 2.16. The van der Waals surface area contributed by atoms with Crippen molar-refractivity contribution in [3.05, 3.63) is 35.5 Å². The molecule has 0 fully saturated rings. The first-order valence-corrected chi connectivity index (χ1v) is 6.44. The number of benzene rings is 1. The molecule has 4 heteroatoms. The molecule has 0 amide bonds. The first-order chi connectivity index (χ1) is 9.38. The van der Waals surface area contributed by atoms with Crippen LogP contribution in [0.25, 0.3) is 11.1 Å². The topological polar surface area (TPSA) is 74.8 Å².